The Balaban J connectivity index is 1.39. The molecule has 0 N–H and O–H groups in total. The van der Waals surface area contributed by atoms with Crippen LogP contribution >= 0.6 is 0 Å². The molecule has 0 radical (unpaired) electrons. The van der Waals surface area contributed by atoms with E-state index < -0.39 is 0 Å². The van der Waals surface area contributed by atoms with Crippen LogP contribution in [0.4, 0.5) is 5.95 Å². The molecule has 3 heterocycles. The number of carbonyl (C=O) groups excluding carboxylic acids is 1. The van der Waals surface area contributed by atoms with Crippen LogP contribution in [0.3, 0.4) is 0 Å². The zero-order valence-corrected chi connectivity index (χ0v) is 18.0. The van der Waals surface area contributed by atoms with Crippen LogP contribution in [0, 0.1) is 6.92 Å². The van der Waals surface area contributed by atoms with Gasteiger partial charge in [0.2, 0.25) is 5.95 Å². The molecule has 31 heavy (non-hydrogen) atoms. The molecule has 5 rings (SSSR count). The van der Waals surface area contributed by atoms with Crippen molar-refractivity contribution in [2.24, 2.45) is 0 Å². The van der Waals surface area contributed by atoms with Crippen LogP contribution in [0.2, 0.25) is 0 Å². The number of benzene rings is 1. The Bertz CT molecular complexity index is 1100. The van der Waals surface area contributed by atoms with Crippen LogP contribution in [-0.4, -0.2) is 61.4 Å². The van der Waals surface area contributed by atoms with Crippen molar-refractivity contribution in [3.8, 4) is 5.69 Å². The fourth-order valence-corrected chi connectivity index (χ4v) is 4.51. The number of amides is 1. The summed E-state index contributed by atoms with van der Waals surface area (Å²) in [5.41, 5.74) is 4.84. The minimum Gasteiger partial charge on any atom is -0.339 e. The van der Waals surface area contributed by atoms with E-state index in [1.807, 2.05) is 36.2 Å². The second-order valence-electron chi connectivity index (χ2n) is 8.46. The fourth-order valence-electron chi connectivity index (χ4n) is 4.51. The minimum atomic E-state index is 0.0141. The number of aromatic nitrogens is 5. The Labute approximate surface area is 181 Å². The summed E-state index contributed by atoms with van der Waals surface area (Å²) >= 11 is 0. The predicted molar refractivity (Wildman–Crippen MR) is 117 cm³/mol. The Kier molecular flexibility index (Phi) is 5.13. The lowest BCUT2D eigenvalue weighted by Crippen LogP contribution is -2.40. The van der Waals surface area contributed by atoms with Crippen molar-refractivity contribution in [3.05, 3.63) is 59.2 Å². The maximum Gasteiger partial charge on any atom is 0.256 e. The molecule has 0 bridgehead atoms. The zero-order valence-electron chi connectivity index (χ0n) is 18.0. The maximum atomic E-state index is 13.6. The molecule has 0 spiro atoms. The van der Waals surface area contributed by atoms with E-state index >= 15 is 0 Å². The second kappa shape index (κ2) is 8.09. The van der Waals surface area contributed by atoms with Crippen molar-refractivity contribution in [2.75, 3.05) is 24.5 Å². The van der Waals surface area contributed by atoms with Gasteiger partial charge in [0.15, 0.2) is 0 Å². The number of anilines is 1. The van der Waals surface area contributed by atoms with Crippen LogP contribution in [0.15, 0.2) is 36.8 Å². The van der Waals surface area contributed by atoms with E-state index in [1.54, 1.807) is 12.4 Å². The SMILES string of the molecule is Cc1ccc(-n2nccn2)c(C(=O)N2CCN(c3ncc4c(n3)CCC4)CC[C@H]2C)c1. The molecule has 2 aliphatic rings. The molecule has 0 unspecified atom stereocenters. The number of nitrogens with zero attached hydrogens (tertiary/aromatic N) is 7. The average molecular weight is 418 g/mol. The van der Waals surface area contributed by atoms with Gasteiger partial charge in [-0.3, -0.25) is 4.79 Å². The Morgan fingerprint density at radius 3 is 2.77 bits per heavy atom. The summed E-state index contributed by atoms with van der Waals surface area (Å²) in [5.74, 6) is 0.805. The minimum absolute atomic E-state index is 0.0141. The number of carbonyl (C=O) groups is 1. The average Bonchev–Trinajstić information content (AvgIpc) is 3.43. The molecule has 0 saturated carbocycles. The lowest BCUT2D eigenvalue weighted by atomic mass is 10.1. The Morgan fingerprint density at radius 2 is 1.94 bits per heavy atom. The highest BCUT2D eigenvalue weighted by Crippen LogP contribution is 2.24. The van der Waals surface area contributed by atoms with Crippen LogP contribution in [0.25, 0.3) is 5.69 Å². The van der Waals surface area contributed by atoms with Crippen LogP contribution < -0.4 is 4.90 Å². The first kappa shape index (κ1) is 19.7. The summed E-state index contributed by atoms with van der Waals surface area (Å²) in [6, 6.07) is 5.94. The lowest BCUT2D eigenvalue weighted by molar-refractivity contribution is 0.0704. The van der Waals surface area contributed by atoms with E-state index in [9.17, 15) is 4.79 Å². The number of hydrogen-bond acceptors (Lipinski definition) is 6. The van der Waals surface area contributed by atoms with E-state index in [-0.39, 0.29) is 11.9 Å². The second-order valence-corrected chi connectivity index (χ2v) is 8.46. The van der Waals surface area contributed by atoms with Crippen molar-refractivity contribution in [3.63, 3.8) is 0 Å². The van der Waals surface area contributed by atoms with E-state index in [0.717, 1.165) is 50.3 Å². The van der Waals surface area contributed by atoms with Gasteiger partial charge in [0.05, 0.1) is 23.6 Å². The maximum absolute atomic E-state index is 13.6. The highest BCUT2D eigenvalue weighted by Gasteiger charge is 2.29. The molecule has 1 fully saturated rings. The molecular formula is C23H27N7O. The van der Waals surface area contributed by atoms with Gasteiger partial charge in [0.25, 0.3) is 5.91 Å². The number of hydrogen-bond donors (Lipinski definition) is 0. The third-order valence-electron chi connectivity index (χ3n) is 6.32. The smallest absolute Gasteiger partial charge is 0.256 e. The van der Waals surface area contributed by atoms with Gasteiger partial charge < -0.3 is 9.80 Å². The Hall–Kier alpha value is -3.29. The third-order valence-corrected chi connectivity index (χ3v) is 6.32. The van der Waals surface area contributed by atoms with Gasteiger partial charge in [-0.15, -0.1) is 0 Å². The summed E-state index contributed by atoms with van der Waals surface area (Å²) in [6.45, 7) is 6.30. The van der Waals surface area contributed by atoms with Crippen LogP contribution in [0.1, 0.15) is 46.9 Å². The van der Waals surface area contributed by atoms with Gasteiger partial charge in [-0.05, 0) is 57.2 Å². The lowest BCUT2D eigenvalue weighted by Gasteiger charge is -2.27. The van der Waals surface area contributed by atoms with Gasteiger partial charge in [-0.2, -0.15) is 15.0 Å². The largest absolute Gasteiger partial charge is 0.339 e. The van der Waals surface area contributed by atoms with Gasteiger partial charge in [-0.25, -0.2) is 9.97 Å². The standard InChI is InChI=1S/C23H27N7O/c1-16-6-7-21(30-25-9-10-26-30)19(14-16)22(31)29-13-12-28(11-8-17(29)2)23-24-15-18-4-3-5-20(18)27-23/h6-7,9-10,14-15,17H,3-5,8,11-13H2,1-2H3/t17-/m1/s1. The van der Waals surface area contributed by atoms with Crippen molar-refractivity contribution in [1.29, 1.82) is 0 Å². The van der Waals surface area contributed by atoms with E-state index in [0.29, 0.717) is 17.8 Å². The van der Waals surface area contributed by atoms with E-state index in [1.165, 1.54) is 16.1 Å². The van der Waals surface area contributed by atoms with Crippen LogP contribution in [0.5, 0.6) is 0 Å². The summed E-state index contributed by atoms with van der Waals surface area (Å²) < 4.78 is 0. The van der Waals surface area contributed by atoms with E-state index in [4.69, 9.17) is 4.98 Å². The first-order chi connectivity index (χ1) is 15.1. The number of rotatable bonds is 3. The van der Waals surface area contributed by atoms with Gasteiger partial charge in [-0.1, -0.05) is 11.6 Å². The predicted octanol–water partition coefficient (Wildman–Crippen LogP) is 2.60. The zero-order chi connectivity index (χ0) is 21.4. The van der Waals surface area contributed by atoms with Gasteiger partial charge in [0, 0.05) is 37.6 Å². The normalized spacial score (nSPS) is 18.7. The molecule has 1 saturated heterocycles. The quantitative estimate of drug-likeness (QED) is 0.652. The van der Waals surface area contributed by atoms with Crippen molar-refractivity contribution in [1.82, 2.24) is 29.9 Å². The van der Waals surface area contributed by atoms with Crippen molar-refractivity contribution >= 4 is 11.9 Å². The molecular weight excluding hydrogens is 390 g/mol. The monoisotopic (exact) mass is 417 g/mol. The Morgan fingerprint density at radius 1 is 1.10 bits per heavy atom. The topological polar surface area (TPSA) is 80.0 Å². The fraction of sp³-hybridized carbons (Fsp3) is 0.435. The molecule has 8 nitrogen and oxygen atoms in total. The highest BCUT2D eigenvalue weighted by molar-refractivity contribution is 5.98. The molecule has 1 aliphatic heterocycles. The molecule has 1 atom stereocenters. The number of aryl methyl sites for hydroxylation is 3. The van der Waals surface area contributed by atoms with Crippen molar-refractivity contribution < 1.29 is 4.79 Å². The molecule has 1 amide bonds. The molecule has 1 aromatic carbocycles. The molecule has 3 aromatic rings. The highest BCUT2D eigenvalue weighted by atomic mass is 16.2. The van der Waals surface area contributed by atoms with E-state index in [2.05, 4.69) is 27.0 Å². The summed E-state index contributed by atoms with van der Waals surface area (Å²) in [7, 11) is 0. The molecule has 8 heteroatoms. The summed E-state index contributed by atoms with van der Waals surface area (Å²) in [6.07, 6.45) is 9.38. The third kappa shape index (κ3) is 3.78. The molecule has 1 aliphatic carbocycles. The first-order valence-corrected chi connectivity index (χ1v) is 11.0. The van der Waals surface area contributed by atoms with Crippen molar-refractivity contribution in [2.45, 2.75) is 45.6 Å². The van der Waals surface area contributed by atoms with Gasteiger partial charge >= 0.3 is 0 Å². The summed E-state index contributed by atoms with van der Waals surface area (Å²) in [5, 5.41) is 8.46. The first-order valence-electron chi connectivity index (χ1n) is 11.0. The molecule has 160 valence electrons. The van der Waals surface area contributed by atoms with Gasteiger partial charge in [0.1, 0.15) is 0 Å². The number of fused-ring (bicyclic) bond motifs is 1. The van der Waals surface area contributed by atoms with Crippen LogP contribution in [-0.2, 0) is 12.8 Å². The molecule has 2 aromatic heterocycles. The summed E-state index contributed by atoms with van der Waals surface area (Å²) in [4.78, 5) is 28.8.